The first-order chi connectivity index (χ1) is 12.5. The van der Waals surface area contributed by atoms with E-state index in [1.165, 1.54) is 16.1 Å². The predicted molar refractivity (Wildman–Crippen MR) is 99.1 cm³/mol. The zero-order valence-electron chi connectivity index (χ0n) is 14.6. The molecule has 0 radical (unpaired) electrons. The van der Waals surface area contributed by atoms with Gasteiger partial charge >= 0.3 is 5.97 Å². The van der Waals surface area contributed by atoms with Crippen molar-refractivity contribution in [2.75, 3.05) is 11.9 Å². The summed E-state index contributed by atoms with van der Waals surface area (Å²) in [6.45, 7) is 5.59. The van der Waals surface area contributed by atoms with Crippen LogP contribution in [-0.2, 0) is 4.74 Å². The maximum atomic E-state index is 12.6. The van der Waals surface area contributed by atoms with Gasteiger partial charge in [-0.25, -0.2) is 4.79 Å². The number of rotatable bonds is 5. The summed E-state index contributed by atoms with van der Waals surface area (Å²) in [6.07, 6.45) is 0. The van der Waals surface area contributed by atoms with Crippen molar-refractivity contribution in [2.24, 2.45) is 0 Å². The lowest BCUT2D eigenvalue weighted by molar-refractivity contribution is 0.0531. The molecule has 134 valence electrons. The average molecular weight is 370 g/mol. The van der Waals surface area contributed by atoms with Crippen LogP contribution in [0.1, 0.15) is 38.3 Å². The molecule has 0 bridgehead atoms. The van der Waals surface area contributed by atoms with Gasteiger partial charge in [-0.3, -0.25) is 4.79 Å². The molecule has 0 unspecified atom stereocenters. The molecule has 0 spiro atoms. The molecule has 0 saturated carbocycles. The van der Waals surface area contributed by atoms with E-state index in [2.05, 4.69) is 15.5 Å². The van der Waals surface area contributed by atoms with Crippen molar-refractivity contribution < 1.29 is 14.3 Å². The number of ether oxygens (including phenoxy) is 1. The van der Waals surface area contributed by atoms with E-state index < -0.39 is 0 Å². The first kappa shape index (κ1) is 17.8. The average Bonchev–Trinajstić information content (AvgIpc) is 3.18. The summed E-state index contributed by atoms with van der Waals surface area (Å²) >= 11 is 1.18. The molecule has 2 heterocycles. The Hall–Kier alpha value is -3.00. The normalized spacial score (nSPS) is 10.6. The number of benzene rings is 1. The highest BCUT2D eigenvalue weighted by Gasteiger charge is 2.20. The van der Waals surface area contributed by atoms with E-state index in [0.29, 0.717) is 22.2 Å². The minimum Gasteiger partial charge on any atom is -0.462 e. The second-order valence-electron chi connectivity index (χ2n) is 5.56. The van der Waals surface area contributed by atoms with Crippen LogP contribution in [0.3, 0.4) is 0 Å². The first-order valence-electron chi connectivity index (χ1n) is 8.08. The second-order valence-corrected chi connectivity index (χ2v) is 6.61. The molecule has 7 nitrogen and oxygen atoms in total. The van der Waals surface area contributed by atoms with Crippen molar-refractivity contribution >= 4 is 28.2 Å². The topological polar surface area (TPSA) is 86.1 Å². The Bertz CT molecular complexity index is 947. The Kier molecular flexibility index (Phi) is 5.13. The van der Waals surface area contributed by atoms with E-state index in [1.54, 1.807) is 26.8 Å². The third-order valence-electron chi connectivity index (χ3n) is 3.60. The minimum atomic E-state index is -0.387. The highest BCUT2D eigenvalue weighted by molar-refractivity contribution is 7.18. The zero-order chi connectivity index (χ0) is 18.7. The van der Waals surface area contributed by atoms with Gasteiger partial charge in [-0.15, -0.1) is 16.4 Å². The summed E-state index contributed by atoms with van der Waals surface area (Å²) in [5, 5.41) is 11.9. The summed E-state index contributed by atoms with van der Waals surface area (Å²) in [5.74, 6) is -0.761. The van der Waals surface area contributed by atoms with Gasteiger partial charge in [-0.05, 0) is 44.5 Å². The number of esters is 1. The van der Waals surface area contributed by atoms with Crippen molar-refractivity contribution in [3.05, 3.63) is 58.2 Å². The fourth-order valence-corrected chi connectivity index (χ4v) is 3.34. The number of nitrogens with one attached hydrogen (secondary N) is 1. The van der Waals surface area contributed by atoms with Crippen molar-refractivity contribution in [1.82, 2.24) is 15.0 Å². The summed E-state index contributed by atoms with van der Waals surface area (Å²) in [5.41, 5.74) is 2.28. The van der Waals surface area contributed by atoms with Gasteiger partial charge in [0.2, 0.25) is 0 Å². The number of aryl methyl sites for hydroxylation is 2. The highest BCUT2D eigenvalue weighted by Crippen LogP contribution is 2.27. The fraction of sp³-hybridized carbons (Fsp3) is 0.222. The number of hydrogen-bond donors (Lipinski definition) is 1. The van der Waals surface area contributed by atoms with Crippen LogP contribution in [-0.4, -0.2) is 33.5 Å². The first-order valence-corrected chi connectivity index (χ1v) is 8.89. The fourth-order valence-electron chi connectivity index (χ4n) is 2.38. The number of para-hydroxylation sites is 1. The monoisotopic (exact) mass is 370 g/mol. The van der Waals surface area contributed by atoms with Crippen LogP contribution in [0, 0.1) is 13.8 Å². The number of amides is 1. The van der Waals surface area contributed by atoms with Crippen LogP contribution in [0.2, 0.25) is 0 Å². The molecule has 26 heavy (non-hydrogen) atoms. The zero-order valence-corrected chi connectivity index (χ0v) is 15.5. The molecule has 0 atom stereocenters. The Morgan fingerprint density at radius 1 is 1.19 bits per heavy atom. The van der Waals surface area contributed by atoms with Crippen LogP contribution in [0.5, 0.6) is 0 Å². The van der Waals surface area contributed by atoms with Gasteiger partial charge in [-0.1, -0.05) is 18.2 Å². The van der Waals surface area contributed by atoms with Crippen LogP contribution < -0.4 is 5.32 Å². The maximum Gasteiger partial charge on any atom is 0.348 e. The summed E-state index contributed by atoms with van der Waals surface area (Å²) in [4.78, 5) is 26.4. The van der Waals surface area contributed by atoms with Crippen LogP contribution >= 0.6 is 11.3 Å². The largest absolute Gasteiger partial charge is 0.462 e. The molecular weight excluding hydrogens is 352 g/mol. The van der Waals surface area contributed by atoms with E-state index in [4.69, 9.17) is 4.74 Å². The van der Waals surface area contributed by atoms with Crippen molar-refractivity contribution in [1.29, 1.82) is 0 Å². The molecule has 8 heteroatoms. The smallest absolute Gasteiger partial charge is 0.348 e. The molecule has 1 N–H and O–H groups in total. The molecule has 3 aromatic rings. The summed E-state index contributed by atoms with van der Waals surface area (Å²) in [7, 11) is 0. The van der Waals surface area contributed by atoms with Gasteiger partial charge in [-0.2, -0.15) is 9.90 Å². The van der Waals surface area contributed by atoms with Gasteiger partial charge in [0.25, 0.3) is 5.91 Å². The standard InChI is InChI=1S/C18H18N4O3S/c1-4-25-18(24)16-11(2)10-14(26-16)19-17(23)15-12(3)20-22(21-15)13-8-6-5-7-9-13/h5-10H,4H2,1-3H3,(H,19,23). The van der Waals surface area contributed by atoms with Crippen LogP contribution in [0.15, 0.2) is 36.4 Å². The van der Waals surface area contributed by atoms with Crippen molar-refractivity contribution in [3.8, 4) is 5.69 Å². The van der Waals surface area contributed by atoms with Gasteiger partial charge in [0.15, 0.2) is 5.69 Å². The minimum absolute atomic E-state index is 0.234. The summed E-state index contributed by atoms with van der Waals surface area (Å²) < 4.78 is 5.02. The number of carbonyl (C=O) groups excluding carboxylic acids is 2. The van der Waals surface area contributed by atoms with Gasteiger partial charge < -0.3 is 10.1 Å². The molecule has 0 fully saturated rings. The number of thiophene rings is 1. The number of hydrogen-bond acceptors (Lipinski definition) is 6. The molecule has 1 amide bonds. The Morgan fingerprint density at radius 2 is 1.92 bits per heavy atom. The second kappa shape index (κ2) is 7.49. The molecular formula is C18H18N4O3S. The number of carbonyl (C=O) groups is 2. The number of nitrogens with zero attached hydrogens (tertiary/aromatic N) is 3. The van der Waals surface area contributed by atoms with E-state index in [-0.39, 0.29) is 17.6 Å². The third-order valence-corrected chi connectivity index (χ3v) is 4.73. The molecule has 3 rings (SSSR count). The van der Waals surface area contributed by atoms with Crippen molar-refractivity contribution in [3.63, 3.8) is 0 Å². The van der Waals surface area contributed by atoms with Gasteiger partial charge in [0.1, 0.15) is 4.88 Å². The van der Waals surface area contributed by atoms with E-state index in [1.807, 2.05) is 30.3 Å². The van der Waals surface area contributed by atoms with E-state index >= 15 is 0 Å². The van der Waals surface area contributed by atoms with E-state index in [0.717, 1.165) is 11.3 Å². The highest BCUT2D eigenvalue weighted by atomic mass is 32.1. The Balaban J connectivity index is 1.80. The molecule has 0 aliphatic heterocycles. The number of aromatic nitrogens is 3. The quantitative estimate of drug-likeness (QED) is 0.696. The molecule has 0 aliphatic carbocycles. The lowest BCUT2D eigenvalue weighted by atomic mass is 10.3. The SMILES string of the molecule is CCOC(=O)c1sc(NC(=O)c2nn(-c3ccccc3)nc2C)cc1C. The molecule has 1 aromatic carbocycles. The molecule has 0 aliphatic rings. The van der Waals surface area contributed by atoms with Crippen LogP contribution in [0.25, 0.3) is 5.69 Å². The van der Waals surface area contributed by atoms with Gasteiger partial charge in [0.05, 0.1) is 23.0 Å². The van der Waals surface area contributed by atoms with E-state index in [9.17, 15) is 9.59 Å². The Morgan fingerprint density at radius 3 is 2.62 bits per heavy atom. The maximum absolute atomic E-state index is 12.6. The van der Waals surface area contributed by atoms with Gasteiger partial charge in [0, 0.05) is 0 Å². The molecule has 0 saturated heterocycles. The summed E-state index contributed by atoms with van der Waals surface area (Å²) in [6, 6.07) is 11.1. The van der Waals surface area contributed by atoms with Crippen LogP contribution in [0.4, 0.5) is 5.00 Å². The van der Waals surface area contributed by atoms with Crippen molar-refractivity contribution in [2.45, 2.75) is 20.8 Å². The third kappa shape index (κ3) is 3.65. The lowest BCUT2D eigenvalue weighted by Gasteiger charge is -2.00. The lowest BCUT2D eigenvalue weighted by Crippen LogP contribution is -2.13. The predicted octanol–water partition coefficient (Wildman–Crippen LogP) is 3.37. The Labute approximate surface area is 154 Å². The number of anilines is 1. The molecule has 2 aromatic heterocycles.